The Morgan fingerprint density at radius 2 is 1.62 bits per heavy atom. The summed E-state index contributed by atoms with van der Waals surface area (Å²) in [5.41, 5.74) is 5.38. The fourth-order valence-corrected chi connectivity index (χ4v) is 3.67. The molecule has 0 fully saturated rings. The predicted octanol–water partition coefficient (Wildman–Crippen LogP) is 4.47. The molecule has 0 aromatic carbocycles. The van der Waals surface area contributed by atoms with Gasteiger partial charge < -0.3 is 4.40 Å². The molecule has 0 saturated carbocycles. The maximum Gasteiger partial charge on any atom is 0.0613 e. The van der Waals surface area contributed by atoms with Gasteiger partial charge in [-0.25, -0.2) is 0 Å². The van der Waals surface area contributed by atoms with Crippen LogP contribution in [0, 0.1) is 0 Å². The van der Waals surface area contributed by atoms with E-state index in [4.69, 9.17) is 0 Å². The third-order valence-electron chi connectivity index (χ3n) is 4.58. The molecule has 0 unspecified atom stereocenters. The van der Waals surface area contributed by atoms with Crippen molar-refractivity contribution in [2.75, 3.05) is 0 Å². The van der Waals surface area contributed by atoms with Crippen LogP contribution in [0.2, 0.25) is 0 Å². The van der Waals surface area contributed by atoms with Crippen molar-refractivity contribution < 1.29 is 0 Å². The number of rotatable bonds is 6. The highest BCUT2D eigenvalue weighted by Gasteiger charge is 2.16. The monoisotopic (exact) mass is 321 g/mol. The van der Waals surface area contributed by atoms with E-state index in [1.807, 2.05) is 6.08 Å². The normalized spacial score (nSPS) is 14.6. The molecular weight excluding hydrogens is 290 g/mol. The van der Waals surface area contributed by atoms with Gasteiger partial charge >= 0.3 is 0 Å². The van der Waals surface area contributed by atoms with E-state index in [2.05, 4.69) is 76.0 Å². The highest BCUT2D eigenvalue weighted by Crippen LogP contribution is 2.16. The quantitative estimate of drug-likeness (QED) is 0.739. The topological polar surface area (TPSA) is 4.41 Å². The van der Waals surface area contributed by atoms with Crippen LogP contribution in [0.15, 0.2) is 12.7 Å². The van der Waals surface area contributed by atoms with Crippen LogP contribution in [0.3, 0.4) is 0 Å². The first-order valence-electron chi connectivity index (χ1n) is 9.34. The van der Waals surface area contributed by atoms with Crippen molar-refractivity contribution in [2.45, 2.75) is 60.3 Å². The lowest BCUT2D eigenvalue weighted by Gasteiger charge is -1.99. The SMILES string of the molecule is C=Cc1c(=C/CC)/c(=C\C)n2c(/C=C\CC)c(CC)/c(=C/CC)c12. The van der Waals surface area contributed by atoms with Crippen molar-refractivity contribution in [2.24, 2.45) is 0 Å². The average molecular weight is 322 g/mol. The Hall–Kier alpha value is -2.02. The van der Waals surface area contributed by atoms with E-state index in [0.717, 1.165) is 25.7 Å². The minimum absolute atomic E-state index is 1.03. The Morgan fingerprint density at radius 3 is 2.12 bits per heavy atom. The summed E-state index contributed by atoms with van der Waals surface area (Å²) in [6, 6.07) is 0. The second-order valence-electron chi connectivity index (χ2n) is 6.06. The molecule has 2 heterocycles. The van der Waals surface area contributed by atoms with Crippen molar-refractivity contribution in [1.29, 1.82) is 0 Å². The fraction of sp³-hybridized carbons (Fsp3) is 0.391. The smallest absolute Gasteiger partial charge is 0.0613 e. The Bertz CT molecular complexity index is 920. The molecule has 0 bridgehead atoms. The van der Waals surface area contributed by atoms with Gasteiger partial charge in [-0.2, -0.15) is 0 Å². The second kappa shape index (κ2) is 8.19. The Morgan fingerprint density at radius 1 is 0.958 bits per heavy atom. The van der Waals surface area contributed by atoms with E-state index in [0.29, 0.717) is 0 Å². The maximum absolute atomic E-state index is 4.12. The summed E-state index contributed by atoms with van der Waals surface area (Å²) in [5, 5.41) is 4.01. The zero-order valence-corrected chi connectivity index (χ0v) is 15.9. The summed E-state index contributed by atoms with van der Waals surface area (Å²) < 4.78 is 2.45. The van der Waals surface area contributed by atoms with Gasteiger partial charge in [0.2, 0.25) is 0 Å². The van der Waals surface area contributed by atoms with Gasteiger partial charge in [0.1, 0.15) is 0 Å². The van der Waals surface area contributed by atoms with Crippen LogP contribution in [0.25, 0.3) is 35.9 Å². The van der Waals surface area contributed by atoms with Crippen LogP contribution in [-0.4, -0.2) is 4.40 Å². The van der Waals surface area contributed by atoms with Gasteiger partial charge in [-0.15, -0.1) is 0 Å². The Balaban J connectivity index is 3.23. The highest BCUT2D eigenvalue weighted by molar-refractivity contribution is 5.78. The molecule has 2 aromatic heterocycles. The van der Waals surface area contributed by atoms with E-state index in [9.17, 15) is 0 Å². The minimum Gasteiger partial charge on any atom is -0.309 e. The summed E-state index contributed by atoms with van der Waals surface area (Å²) in [6.07, 6.45) is 17.7. The van der Waals surface area contributed by atoms with Crippen LogP contribution in [0.4, 0.5) is 0 Å². The Kier molecular flexibility index (Phi) is 6.25. The van der Waals surface area contributed by atoms with Crippen molar-refractivity contribution in [3.05, 3.63) is 45.3 Å². The van der Waals surface area contributed by atoms with Crippen LogP contribution in [0.5, 0.6) is 0 Å². The van der Waals surface area contributed by atoms with Gasteiger partial charge in [0.25, 0.3) is 0 Å². The molecule has 1 heteroatoms. The molecular formula is C23H31N. The molecule has 128 valence electrons. The number of fused-ring (bicyclic) bond motifs is 1. The van der Waals surface area contributed by atoms with E-state index in [1.165, 1.54) is 38.1 Å². The molecule has 0 aliphatic rings. The molecule has 1 nitrogen and oxygen atoms in total. The van der Waals surface area contributed by atoms with Gasteiger partial charge in [-0.05, 0) is 44.2 Å². The van der Waals surface area contributed by atoms with Crippen molar-refractivity contribution in [3.63, 3.8) is 0 Å². The molecule has 0 saturated heterocycles. The molecule has 0 radical (unpaired) electrons. The summed E-state index contributed by atoms with van der Waals surface area (Å²) >= 11 is 0. The lowest BCUT2D eigenvalue weighted by molar-refractivity contribution is 1.07. The molecule has 0 amide bonds. The van der Waals surface area contributed by atoms with Crippen molar-refractivity contribution in [1.82, 2.24) is 4.40 Å². The lowest BCUT2D eigenvalue weighted by atomic mass is 10.1. The highest BCUT2D eigenvalue weighted by atomic mass is 14.9. The van der Waals surface area contributed by atoms with Crippen LogP contribution < -0.4 is 15.8 Å². The van der Waals surface area contributed by atoms with Gasteiger partial charge in [0.15, 0.2) is 0 Å². The molecule has 0 N–H and O–H groups in total. The van der Waals surface area contributed by atoms with E-state index < -0.39 is 0 Å². The first-order valence-corrected chi connectivity index (χ1v) is 9.34. The first kappa shape index (κ1) is 18.3. The third kappa shape index (κ3) is 2.88. The summed E-state index contributed by atoms with van der Waals surface area (Å²) in [6.45, 7) is 15.1. The number of hydrogen-bond acceptors (Lipinski definition) is 0. The predicted molar refractivity (Wildman–Crippen MR) is 110 cm³/mol. The summed E-state index contributed by atoms with van der Waals surface area (Å²) in [7, 11) is 0. The standard InChI is InChI=1S/C23H31N/c1-7-13-16-22-17(10-4)20(15-9-3)23-18(11-5)19(14-8-2)21(12-6)24(22)23/h11-16H,5,7-10H2,1-4,6H3/b16-13-,19-14-,20-15-,21-12+. The zero-order valence-electron chi connectivity index (χ0n) is 15.9. The maximum atomic E-state index is 4.12. The fourth-order valence-electron chi connectivity index (χ4n) is 3.67. The Labute approximate surface area is 146 Å². The van der Waals surface area contributed by atoms with Gasteiger partial charge in [-0.1, -0.05) is 64.7 Å². The molecule has 0 spiro atoms. The van der Waals surface area contributed by atoms with Crippen LogP contribution >= 0.6 is 0 Å². The van der Waals surface area contributed by atoms with Gasteiger partial charge in [-0.3, -0.25) is 0 Å². The zero-order chi connectivity index (χ0) is 17.7. The van der Waals surface area contributed by atoms with E-state index >= 15 is 0 Å². The lowest BCUT2D eigenvalue weighted by Crippen LogP contribution is -2.27. The number of nitrogens with zero attached hydrogens (tertiary/aromatic N) is 1. The molecule has 0 aliphatic heterocycles. The minimum atomic E-state index is 1.03. The summed E-state index contributed by atoms with van der Waals surface area (Å²) in [4.78, 5) is 0. The van der Waals surface area contributed by atoms with Crippen molar-refractivity contribution in [3.8, 4) is 0 Å². The van der Waals surface area contributed by atoms with E-state index in [1.54, 1.807) is 0 Å². The summed E-state index contributed by atoms with van der Waals surface area (Å²) in [5.74, 6) is 0. The van der Waals surface area contributed by atoms with Crippen LogP contribution in [0.1, 0.15) is 70.7 Å². The van der Waals surface area contributed by atoms with Gasteiger partial charge in [0, 0.05) is 27.0 Å². The number of hydrogen-bond donors (Lipinski definition) is 0. The molecule has 24 heavy (non-hydrogen) atoms. The second-order valence-corrected chi connectivity index (χ2v) is 6.06. The molecule has 0 atom stereocenters. The first-order chi connectivity index (χ1) is 11.7. The number of allylic oxidation sites excluding steroid dienone is 1. The van der Waals surface area contributed by atoms with Crippen molar-refractivity contribution >= 4 is 35.9 Å². The largest absolute Gasteiger partial charge is 0.309 e. The van der Waals surface area contributed by atoms with Gasteiger partial charge in [0.05, 0.1) is 5.52 Å². The van der Waals surface area contributed by atoms with E-state index in [-0.39, 0.29) is 0 Å². The molecule has 2 aromatic rings. The molecule has 2 rings (SSSR count). The average Bonchev–Trinajstić information content (AvgIpc) is 3.05. The molecule has 0 aliphatic carbocycles. The number of aromatic nitrogens is 1. The van der Waals surface area contributed by atoms with Crippen LogP contribution in [-0.2, 0) is 6.42 Å². The third-order valence-corrected chi connectivity index (χ3v) is 4.58.